The van der Waals surface area contributed by atoms with Crippen LogP contribution >= 0.6 is 0 Å². The zero-order valence-electron chi connectivity index (χ0n) is 9.83. The fraction of sp³-hybridized carbons (Fsp3) is 0.308. The highest BCUT2D eigenvalue weighted by atomic mass is 19.4. The van der Waals surface area contributed by atoms with E-state index in [4.69, 9.17) is 5.73 Å². The van der Waals surface area contributed by atoms with E-state index in [1.165, 1.54) is 0 Å². The largest absolute Gasteiger partial charge is 0.390 e. The van der Waals surface area contributed by atoms with Crippen molar-refractivity contribution in [1.29, 1.82) is 0 Å². The Morgan fingerprint density at radius 3 is 2.61 bits per heavy atom. The normalized spacial score (nSPS) is 13.8. The van der Waals surface area contributed by atoms with Crippen LogP contribution in [-0.2, 0) is 0 Å². The van der Waals surface area contributed by atoms with Gasteiger partial charge in [-0.25, -0.2) is 0 Å². The van der Waals surface area contributed by atoms with E-state index in [2.05, 4.69) is 4.98 Å². The molecule has 0 unspecified atom stereocenters. The summed E-state index contributed by atoms with van der Waals surface area (Å²) < 4.78 is 36.8. The van der Waals surface area contributed by atoms with Gasteiger partial charge in [-0.15, -0.1) is 0 Å². The molecule has 0 bridgehead atoms. The van der Waals surface area contributed by atoms with Gasteiger partial charge in [-0.2, -0.15) is 13.2 Å². The van der Waals surface area contributed by atoms with Gasteiger partial charge < -0.3 is 5.73 Å². The first-order valence-electron chi connectivity index (χ1n) is 5.55. The third-order valence-corrected chi connectivity index (χ3v) is 2.73. The van der Waals surface area contributed by atoms with Crippen molar-refractivity contribution < 1.29 is 13.2 Å². The van der Waals surface area contributed by atoms with E-state index in [9.17, 15) is 13.2 Å². The molecule has 0 fully saturated rings. The van der Waals surface area contributed by atoms with Crippen molar-refractivity contribution in [3.05, 3.63) is 41.6 Å². The van der Waals surface area contributed by atoms with Crippen molar-refractivity contribution in [3.63, 3.8) is 0 Å². The smallest absolute Gasteiger partial charge is 0.324 e. The number of halogens is 3. The number of alkyl halides is 3. The molecule has 0 radical (unpaired) electrons. The standard InChI is InChI=1S/C13H13F3N2/c1-8-2-3-10-6-9(4-5-12(10)18-8)11(17)7-13(14,15)16/h2-6,11H,7,17H2,1H3/t11-/m0/s1. The Morgan fingerprint density at radius 1 is 1.22 bits per heavy atom. The average Bonchev–Trinajstić information content (AvgIpc) is 2.26. The van der Waals surface area contributed by atoms with E-state index >= 15 is 0 Å². The maximum absolute atomic E-state index is 12.3. The highest BCUT2D eigenvalue weighted by Crippen LogP contribution is 2.29. The zero-order chi connectivity index (χ0) is 13.3. The highest BCUT2D eigenvalue weighted by molar-refractivity contribution is 5.79. The van der Waals surface area contributed by atoms with Crippen molar-refractivity contribution in [2.24, 2.45) is 5.73 Å². The third-order valence-electron chi connectivity index (χ3n) is 2.73. The maximum Gasteiger partial charge on any atom is 0.390 e. The first kappa shape index (κ1) is 12.8. The molecule has 0 aliphatic rings. The molecule has 2 N–H and O–H groups in total. The SMILES string of the molecule is Cc1ccc2cc([C@@H](N)CC(F)(F)F)ccc2n1. The Bertz CT molecular complexity index is 564. The predicted molar refractivity (Wildman–Crippen MR) is 64.1 cm³/mol. The summed E-state index contributed by atoms with van der Waals surface area (Å²) in [6, 6.07) is 7.59. The molecule has 0 saturated carbocycles. The van der Waals surface area contributed by atoms with Crippen LogP contribution in [0.15, 0.2) is 30.3 Å². The molecule has 1 aromatic heterocycles. The molecule has 0 saturated heterocycles. The molecule has 0 aliphatic heterocycles. The molecule has 0 spiro atoms. The number of benzene rings is 1. The number of aryl methyl sites for hydroxylation is 1. The van der Waals surface area contributed by atoms with Crippen LogP contribution in [0.2, 0.25) is 0 Å². The molecule has 5 heteroatoms. The number of aromatic nitrogens is 1. The van der Waals surface area contributed by atoms with Gasteiger partial charge in [0.1, 0.15) is 0 Å². The van der Waals surface area contributed by atoms with E-state index in [0.29, 0.717) is 5.56 Å². The van der Waals surface area contributed by atoms with Crippen molar-refractivity contribution in [2.75, 3.05) is 0 Å². The Kier molecular flexibility index (Phi) is 3.26. The first-order valence-corrected chi connectivity index (χ1v) is 5.55. The van der Waals surface area contributed by atoms with Crippen LogP contribution in [0.3, 0.4) is 0 Å². The molecular formula is C13H13F3N2. The minimum Gasteiger partial charge on any atom is -0.324 e. The molecule has 18 heavy (non-hydrogen) atoms. The second-order valence-electron chi connectivity index (χ2n) is 4.33. The molecule has 2 nitrogen and oxygen atoms in total. The average molecular weight is 254 g/mol. The van der Waals surface area contributed by atoms with E-state index in [-0.39, 0.29) is 0 Å². The van der Waals surface area contributed by atoms with E-state index in [1.54, 1.807) is 18.2 Å². The summed E-state index contributed by atoms with van der Waals surface area (Å²) in [5.74, 6) is 0. The van der Waals surface area contributed by atoms with Crippen molar-refractivity contribution >= 4 is 10.9 Å². The summed E-state index contributed by atoms with van der Waals surface area (Å²) in [6.07, 6.45) is -5.27. The number of hydrogen-bond acceptors (Lipinski definition) is 2. The summed E-state index contributed by atoms with van der Waals surface area (Å²) in [5.41, 5.74) is 7.67. The summed E-state index contributed by atoms with van der Waals surface area (Å²) in [5, 5.41) is 0.802. The Balaban J connectivity index is 2.32. The van der Waals surface area contributed by atoms with E-state index < -0.39 is 18.6 Å². The van der Waals surface area contributed by atoms with Gasteiger partial charge in [0, 0.05) is 17.1 Å². The van der Waals surface area contributed by atoms with Gasteiger partial charge in [0.05, 0.1) is 11.9 Å². The van der Waals surface area contributed by atoms with E-state index in [1.807, 2.05) is 19.1 Å². The minimum absolute atomic E-state index is 0.477. The molecule has 96 valence electrons. The van der Waals surface area contributed by atoms with Gasteiger partial charge in [-0.3, -0.25) is 4.98 Å². The number of nitrogens with zero attached hydrogens (tertiary/aromatic N) is 1. The first-order chi connectivity index (χ1) is 8.35. The highest BCUT2D eigenvalue weighted by Gasteiger charge is 2.30. The lowest BCUT2D eigenvalue weighted by molar-refractivity contribution is -0.138. The molecule has 0 amide bonds. The number of rotatable bonds is 2. The van der Waals surface area contributed by atoms with E-state index in [0.717, 1.165) is 16.6 Å². The third kappa shape index (κ3) is 2.98. The number of hydrogen-bond donors (Lipinski definition) is 1. The van der Waals surface area contributed by atoms with Crippen molar-refractivity contribution in [2.45, 2.75) is 25.6 Å². The lowest BCUT2D eigenvalue weighted by atomic mass is 10.0. The molecule has 1 atom stereocenters. The Morgan fingerprint density at radius 2 is 1.94 bits per heavy atom. The monoisotopic (exact) mass is 254 g/mol. The maximum atomic E-state index is 12.3. The van der Waals surface area contributed by atoms with Crippen molar-refractivity contribution in [1.82, 2.24) is 4.98 Å². The van der Waals surface area contributed by atoms with Crippen molar-refractivity contribution in [3.8, 4) is 0 Å². The van der Waals surface area contributed by atoms with Crippen LogP contribution in [-0.4, -0.2) is 11.2 Å². The molecule has 1 aromatic carbocycles. The van der Waals surface area contributed by atoms with Gasteiger partial charge in [-0.05, 0) is 30.7 Å². The molecule has 2 rings (SSSR count). The Labute approximate surface area is 103 Å². The topological polar surface area (TPSA) is 38.9 Å². The lowest BCUT2D eigenvalue weighted by Crippen LogP contribution is -2.20. The van der Waals surface area contributed by atoms with Gasteiger partial charge in [0.15, 0.2) is 0 Å². The number of nitrogens with two attached hydrogens (primary N) is 1. The number of pyridine rings is 1. The van der Waals surface area contributed by atoms with Crippen LogP contribution in [0.25, 0.3) is 10.9 Å². The minimum atomic E-state index is -4.25. The fourth-order valence-corrected chi connectivity index (χ4v) is 1.84. The molecule has 2 aromatic rings. The zero-order valence-corrected chi connectivity index (χ0v) is 9.83. The van der Waals surface area contributed by atoms with Gasteiger partial charge >= 0.3 is 6.18 Å². The lowest BCUT2D eigenvalue weighted by Gasteiger charge is -2.15. The van der Waals surface area contributed by atoms with Crippen LogP contribution in [0.1, 0.15) is 23.7 Å². The fourth-order valence-electron chi connectivity index (χ4n) is 1.84. The quantitative estimate of drug-likeness (QED) is 0.890. The van der Waals surface area contributed by atoms with Crippen LogP contribution in [0.5, 0.6) is 0 Å². The second kappa shape index (κ2) is 4.57. The Hall–Kier alpha value is -1.62. The molecular weight excluding hydrogens is 241 g/mol. The number of fused-ring (bicyclic) bond motifs is 1. The summed E-state index contributed by atoms with van der Waals surface area (Å²) >= 11 is 0. The summed E-state index contributed by atoms with van der Waals surface area (Å²) in [4.78, 5) is 4.29. The van der Waals surface area contributed by atoms with Crippen LogP contribution in [0, 0.1) is 6.92 Å². The van der Waals surface area contributed by atoms with Crippen LogP contribution in [0.4, 0.5) is 13.2 Å². The van der Waals surface area contributed by atoms with Gasteiger partial charge in [0.25, 0.3) is 0 Å². The molecule has 0 aliphatic carbocycles. The van der Waals surface area contributed by atoms with Gasteiger partial charge in [-0.1, -0.05) is 12.1 Å². The summed E-state index contributed by atoms with van der Waals surface area (Å²) in [7, 11) is 0. The second-order valence-corrected chi connectivity index (χ2v) is 4.33. The van der Waals surface area contributed by atoms with Crippen LogP contribution < -0.4 is 5.73 Å². The predicted octanol–water partition coefficient (Wildman–Crippen LogP) is 3.50. The summed E-state index contributed by atoms with van der Waals surface area (Å²) in [6.45, 7) is 1.86. The molecule has 1 heterocycles. The van der Waals surface area contributed by atoms with Gasteiger partial charge in [0.2, 0.25) is 0 Å².